The van der Waals surface area contributed by atoms with E-state index in [-0.39, 0.29) is 17.6 Å². The number of Topliss-reactive ketones (excluding diaryl/α,β-unsaturated/α-hetero) is 1. The van der Waals surface area contributed by atoms with Crippen LogP contribution in [0.5, 0.6) is 0 Å². The monoisotopic (exact) mass is 303 g/mol. The molecular weight excluding hydrogens is 282 g/mol. The van der Waals surface area contributed by atoms with Gasteiger partial charge < -0.3 is 10.1 Å². The van der Waals surface area contributed by atoms with Crippen LogP contribution in [0.25, 0.3) is 0 Å². The predicted octanol–water partition coefficient (Wildman–Crippen LogP) is 2.11. The van der Waals surface area contributed by atoms with Crippen LogP contribution in [0, 0.1) is 5.92 Å². The SMILES string of the molecule is COC(=O)C(CC1CCCCC1=O)NC(=O)c1ccccc1. The highest BCUT2D eigenvalue weighted by molar-refractivity contribution is 5.96. The van der Waals surface area contributed by atoms with Gasteiger partial charge in [-0.15, -0.1) is 0 Å². The Bertz CT molecular complexity index is 541. The lowest BCUT2D eigenvalue weighted by Gasteiger charge is -2.24. The molecule has 1 aromatic carbocycles. The van der Waals surface area contributed by atoms with Gasteiger partial charge in [0, 0.05) is 17.9 Å². The molecule has 2 unspecified atom stereocenters. The summed E-state index contributed by atoms with van der Waals surface area (Å²) >= 11 is 0. The Kier molecular flexibility index (Phi) is 5.69. The summed E-state index contributed by atoms with van der Waals surface area (Å²) in [6.45, 7) is 0. The molecule has 0 spiro atoms. The number of benzene rings is 1. The highest BCUT2D eigenvalue weighted by atomic mass is 16.5. The number of methoxy groups -OCH3 is 1. The zero-order chi connectivity index (χ0) is 15.9. The molecular formula is C17H21NO4. The number of amides is 1. The topological polar surface area (TPSA) is 72.5 Å². The number of hydrogen-bond acceptors (Lipinski definition) is 4. The Morgan fingerprint density at radius 2 is 2.00 bits per heavy atom. The molecule has 2 rings (SSSR count). The van der Waals surface area contributed by atoms with E-state index >= 15 is 0 Å². The van der Waals surface area contributed by atoms with Crippen LogP contribution >= 0.6 is 0 Å². The number of carbonyl (C=O) groups is 3. The minimum absolute atomic E-state index is 0.172. The molecule has 1 aliphatic carbocycles. The molecule has 0 bridgehead atoms. The first-order valence-electron chi connectivity index (χ1n) is 7.58. The molecule has 5 nitrogen and oxygen atoms in total. The Labute approximate surface area is 130 Å². The van der Waals surface area contributed by atoms with E-state index in [0.717, 1.165) is 19.3 Å². The van der Waals surface area contributed by atoms with Crippen LogP contribution in [0.2, 0.25) is 0 Å². The summed E-state index contributed by atoms with van der Waals surface area (Å²) < 4.78 is 4.76. The molecule has 5 heteroatoms. The third-order valence-corrected chi connectivity index (χ3v) is 4.03. The Morgan fingerprint density at radius 1 is 1.27 bits per heavy atom. The van der Waals surface area contributed by atoms with Gasteiger partial charge in [-0.05, 0) is 31.4 Å². The first-order valence-corrected chi connectivity index (χ1v) is 7.58. The van der Waals surface area contributed by atoms with Crippen LogP contribution in [0.4, 0.5) is 0 Å². The summed E-state index contributed by atoms with van der Waals surface area (Å²) in [6.07, 6.45) is 3.54. The van der Waals surface area contributed by atoms with E-state index in [1.165, 1.54) is 7.11 Å². The zero-order valence-electron chi connectivity index (χ0n) is 12.7. The fourth-order valence-electron chi connectivity index (χ4n) is 2.78. The second-order valence-electron chi connectivity index (χ2n) is 5.56. The number of esters is 1. The highest BCUT2D eigenvalue weighted by Gasteiger charge is 2.30. The van der Waals surface area contributed by atoms with Gasteiger partial charge in [0.25, 0.3) is 5.91 Å². The minimum Gasteiger partial charge on any atom is -0.467 e. The van der Waals surface area contributed by atoms with Gasteiger partial charge in [0.1, 0.15) is 11.8 Å². The molecule has 0 radical (unpaired) electrons. The first-order chi connectivity index (χ1) is 10.6. The number of carbonyl (C=O) groups excluding carboxylic acids is 3. The lowest BCUT2D eigenvalue weighted by molar-refractivity contribution is -0.143. The largest absolute Gasteiger partial charge is 0.467 e. The van der Waals surface area contributed by atoms with Gasteiger partial charge in [0.2, 0.25) is 0 Å². The summed E-state index contributed by atoms with van der Waals surface area (Å²) in [4.78, 5) is 36.0. The third kappa shape index (κ3) is 4.16. The summed E-state index contributed by atoms with van der Waals surface area (Å²) in [5.41, 5.74) is 0.478. The standard InChI is InChI=1S/C17H21NO4/c1-22-17(21)14(11-13-9-5-6-10-15(13)19)18-16(20)12-7-3-2-4-8-12/h2-4,7-8,13-14H,5-6,9-11H2,1H3,(H,18,20). The molecule has 1 aliphatic rings. The normalized spacial score (nSPS) is 19.3. The Balaban J connectivity index is 2.04. The van der Waals surface area contributed by atoms with Crippen molar-refractivity contribution in [1.82, 2.24) is 5.32 Å². The lowest BCUT2D eigenvalue weighted by atomic mass is 9.83. The zero-order valence-corrected chi connectivity index (χ0v) is 12.7. The molecule has 0 aliphatic heterocycles. The van der Waals surface area contributed by atoms with Gasteiger partial charge in [-0.3, -0.25) is 9.59 Å². The van der Waals surface area contributed by atoms with E-state index in [1.54, 1.807) is 24.3 Å². The molecule has 2 atom stereocenters. The average Bonchev–Trinajstić information content (AvgIpc) is 2.56. The van der Waals surface area contributed by atoms with Crippen LogP contribution < -0.4 is 5.32 Å². The van der Waals surface area contributed by atoms with Crippen LogP contribution in [-0.4, -0.2) is 30.8 Å². The number of rotatable bonds is 5. The second kappa shape index (κ2) is 7.73. The van der Waals surface area contributed by atoms with E-state index in [9.17, 15) is 14.4 Å². The van der Waals surface area contributed by atoms with Crippen LogP contribution in [0.1, 0.15) is 42.5 Å². The van der Waals surface area contributed by atoms with Crippen molar-refractivity contribution in [3.8, 4) is 0 Å². The molecule has 1 fully saturated rings. The van der Waals surface area contributed by atoms with Gasteiger partial charge in [-0.1, -0.05) is 24.6 Å². The van der Waals surface area contributed by atoms with Crippen LogP contribution in [-0.2, 0) is 14.3 Å². The van der Waals surface area contributed by atoms with E-state index < -0.39 is 12.0 Å². The van der Waals surface area contributed by atoms with Crippen molar-refractivity contribution in [2.45, 2.75) is 38.1 Å². The van der Waals surface area contributed by atoms with E-state index in [2.05, 4.69) is 5.32 Å². The molecule has 118 valence electrons. The lowest BCUT2D eigenvalue weighted by Crippen LogP contribution is -2.44. The van der Waals surface area contributed by atoms with Crippen LogP contribution in [0.3, 0.4) is 0 Å². The van der Waals surface area contributed by atoms with Gasteiger partial charge in [-0.2, -0.15) is 0 Å². The van der Waals surface area contributed by atoms with Gasteiger partial charge >= 0.3 is 5.97 Å². The van der Waals surface area contributed by atoms with Crippen molar-refractivity contribution in [3.05, 3.63) is 35.9 Å². The molecule has 0 aromatic heterocycles. The average molecular weight is 303 g/mol. The van der Waals surface area contributed by atoms with Crippen molar-refractivity contribution < 1.29 is 19.1 Å². The van der Waals surface area contributed by atoms with Gasteiger partial charge in [-0.25, -0.2) is 4.79 Å². The quantitative estimate of drug-likeness (QED) is 0.846. The Morgan fingerprint density at radius 3 is 2.64 bits per heavy atom. The van der Waals surface area contributed by atoms with Gasteiger partial charge in [0.05, 0.1) is 7.11 Å². The molecule has 1 amide bonds. The number of ether oxygens (including phenoxy) is 1. The highest BCUT2D eigenvalue weighted by Crippen LogP contribution is 2.25. The predicted molar refractivity (Wildman–Crippen MR) is 81.3 cm³/mol. The molecule has 1 N–H and O–H groups in total. The second-order valence-corrected chi connectivity index (χ2v) is 5.56. The van der Waals surface area contributed by atoms with E-state index in [4.69, 9.17) is 4.74 Å². The maximum atomic E-state index is 12.2. The maximum Gasteiger partial charge on any atom is 0.328 e. The maximum absolute atomic E-state index is 12.2. The van der Waals surface area contributed by atoms with Gasteiger partial charge in [0.15, 0.2) is 0 Å². The fourth-order valence-corrected chi connectivity index (χ4v) is 2.78. The smallest absolute Gasteiger partial charge is 0.328 e. The first kappa shape index (κ1) is 16.2. The van der Waals surface area contributed by atoms with Crippen LogP contribution in [0.15, 0.2) is 30.3 Å². The Hall–Kier alpha value is -2.17. The van der Waals surface area contributed by atoms with Crippen molar-refractivity contribution in [3.63, 3.8) is 0 Å². The molecule has 1 aromatic rings. The van der Waals surface area contributed by atoms with Crippen molar-refractivity contribution in [2.75, 3.05) is 7.11 Å². The van der Waals surface area contributed by atoms with Crippen molar-refractivity contribution >= 4 is 17.7 Å². The molecule has 1 saturated carbocycles. The molecule has 22 heavy (non-hydrogen) atoms. The summed E-state index contributed by atoms with van der Waals surface area (Å²) in [5, 5.41) is 2.69. The van der Waals surface area contributed by atoms with E-state index in [0.29, 0.717) is 18.4 Å². The summed E-state index contributed by atoms with van der Waals surface area (Å²) in [5.74, 6) is -0.843. The summed E-state index contributed by atoms with van der Waals surface area (Å²) in [7, 11) is 1.28. The fraction of sp³-hybridized carbons (Fsp3) is 0.471. The minimum atomic E-state index is -0.787. The number of hydrogen-bond donors (Lipinski definition) is 1. The summed E-state index contributed by atoms with van der Waals surface area (Å²) in [6, 6.07) is 7.89. The molecule has 0 saturated heterocycles. The van der Waals surface area contributed by atoms with E-state index in [1.807, 2.05) is 6.07 Å². The number of nitrogens with one attached hydrogen (secondary N) is 1. The third-order valence-electron chi connectivity index (χ3n) is 4.03. The van der Waals surface area contributed by atoms with Crippen molar-refractivity contribution in [2.24, 2.45) is 5.92 Å². The molecule has 0 heterocycles. The van der Waals surface area contributed by atoms with Crippen molar-refractivity contribution in [1.29, 1.82) is 0 Å². The number of ketones is 1.